The molecule has 1 aliphatic rings. The van der Waals surface area contributed by atoms with Crippen LogP contribution in [0.25, 0.3) is 0 Å². The van der Waals surface area contributed by atoms with Gasteiger partial charge < -0.3 is 4.98 Å². The van der Waals surface area contributed by atoms with E-state index in [0.29, 0.717) is 6.04 Å². The number of nitrogens with zero attached hydrogens (tertiary/aromatic N) is 2. The molecule has 16 heavy (non-hydrogen) atoms. The van der Waals surface area contributed by atoms with Crippen LogP contribution in [-0.2, 0) is 18.4 Å². The maximum atomic E-state index is 4.73. The fourth-order valence-electron chi connectivity index (χ4n) is 2.11. The molecule has 0 saturated heterocycles. The van der Waals surface area contributed by atoms with Crippen LogP contribution in [0.3, 0.4) is 0 Å². The number of hydrogen-bond acceptors (Lipinski definition) is 2. The lowest BCUT2D eigenvalue weighted by atomic mass is 9.96. The van der Waals surface area contributed by atoms with Crippen LogP contribution >= 0.6 is 0 Å². The van der Waals surface area contributed by atoms with Crippen molar-refractivity contribution in [1.29, 1.82) is 0 Å². The summed E-state index contributed by atoms with van der Waals surface area (Å²) in [4.78, 5) is 10.7. The first kappa shape index (κ1) is 11.6. The highest BCUT2D eigenvalue weighted by Crippen LogP contribution is 2.24. The molecule has 1 aliphatic heterocycles. The summed E-state index contributed by atoms with van der Waals surface area (Å²) >= 11 is 0. The fourth-order valence-corrected chi connectivity index (χ4v) is 2.11. The monoisotopic (exact) mass is 221 g/mol. The average molecular weight is 221 g/mol. The number of fused-ring (bicyclic) bond motifs is 1. The molecule has 0 amide bonds. The molecular formula is C13H23N3. The predicted octanol–water partition coefficient (Wildman–Crippen LogP) is 2.47. The van der Waals surface area contributed by atoms with Gasteiger partial charge in [0.1, 0.15) is 5.82 Å². The second kappa shape index (κ2) is 3.88. The quantitative estimate of drug-likeness (QED) is 0.790. The summed E-state index contributed by atoms with van der Waals surface area (Å²) in [5.41, 5.74) is 2.73. The van der Waals surface area contributed by atoms with E-state index in [4.69, 9.17) is 4.98 Å². The zero-order valence-electron chi connectivity index (χ0n) is 11.1. The predicted molar refractivity (Wildman–Crippen MR) is 66.5 cm³/mol. The lowest BCUT2D eigenvalue weighted by molar-refractivity contribution is 0.200. The Kier molecular flexibility index (Phi) is 2.82. The molecule has 0 fully saturated rings. The van der Waals surface area contributed by atoms with E-state index in [-0.39, 0.29) is 5.41 Å². The summed E-state index contributed by atoms with van der Waals surface area (Å²) in [6.07, 6.45) is 1.08. The normalized spacial score (nSPS) is 17.9. The Bertz CT molecular complexity index is 371. The van der Waals surface area contributed by atoms with Gasteiger partial charge in [-0.3, -0.25) is 4.90 Å². The molecule has 3 nitrogen and oxygen atoms in total. The molecular weight excluding hydrogens is 198 g/mol. The Hall–Kier alpha value is -0.830. The van der Waals surface area contributed by atoms with Gasteiger partial charge in [0.05, 0.1) is 11.4 Å². The van der Waals surface area contributed by atoms with Crippen molar-refractivity contribution in [3.63, 3.8) is 0 Å². The van der Waals surface area contributed by atoms with Gasteiger partial charge in [-0.2, -0.15) is 0 Å². The van der Waals surface area contributed by atoms with Gasteiger partial charge in [0.15, 0.2) is 0 Å². The van der Waals surface area contributed by atoms with Crippen LogP contribution in [-0.4, -0.2) is 27.5 Å². The Morgan fingerprint density at radius 1 is 1.31 bits per heavy atom. The van der Waals surface area contributed by atoms with Crippen LogP contribution in [0.4, 0.5) is 0 Å². The number of imidazole rings is 1. The Balaban J connectivity index is 2.23. The molecule has 0 bridgehead atoms. The van der Waals surface area contributed by atoms with E-state index in [1.54, 1.807) is 0 Å². The Morgan fingerprint density at radius 2 is 2.00 bits per heavy atom. The second-order valence-electron chi connectivity index (χ2n) is 6.07. The van der Waals surface area contributed by atoms with Crippen LogP contribution in [0.5, 0.6) is 0 Å². The van der Waals surface area contributed by atoms with E-state index >= 15 is 0 Å². The molecule has 0 atom stereocenters. The van der Waals surface area contributed by atoms with Gasteiger partial charge in [-0.25, -0.2) is 4.98 Å². The van der Waals surface area contributed by atoms with Crippen molar-refractivity contribution in [3.05, 3.63) is 17.2 Å². The molecule has 0 aromatic carbocycles. The molecule has 2 heterocycles. The number of hydrogen-bond donors (Lipinski definition) is 1. The third-order valence-electron chi connectivity index (χ3n) is 3.30. The van der Waals surface area contributed by atoms with Gasteiger partial charge >= 0.3 is 0 Å². The van der Waals surface area contributed by atoms with E-state index in [2.05, 4.69) is 44.5 Å². The number of aromatic amines is 1. The summed E-state index contributed by atoms with van der Waals surface area (Å²) in [6, 6.07) is 0.620. The molecule has 90 valence electrons. The third-order valence-corrected chi connectivity index (χ3v) is 3.30. The fraction of sp³-hybridized carbons (Fsp3) is 0.769. The molecule has 2 rings (SSSR count). The summed E-state index contributed by atoms with van der Waals surface area (Å²) in [7, 11) is 0. The lowest BCUT2D eigenvalue weighted by Gasteiger charge is -2.29. The van der Waals surface area contributed by atoms with Crippen molar-refractivity contribution in [3.8, 4) is 0 Å². The van der Waals surface area contributed by atoms with Crippen LogP contribution in [0, 0.1) is 0 Å². The summed E-state index contributed by atoms with van der Waals surface area (Å²) in [5.74, 6) is 1.13. The van der Waals surface area contributed by atoms with Crippen molar-refractivity contribution in [2.45, 2.75) is 59.0 Å². The van der Waals surface area contributed by atoms with Crippen molar-refractivity contribution in [1.82, 2.24) is 14.9 Å². The van der Waals surface area contributed by atoms with Gasteiger partial charge in [0.25, 0.3) is 0 Å². The SMILES string of the molecule is CC(C)N1CCc2nc(C(C)(C)C)[nH]c2C1. The third kappa shape index (κ3) is 2.14. The first-order chi connectivity index (χ1) is 7.38. The van der Waals surface area contributed by atoms with Crippen molar-refractivity contribution in [2.24, 2.45) is 0 Å². The molecule has 3 heteroatoms. The first-order valence-electron chi connectivity index (χ1n) is 6.20. The highest BCUT2D eigenvalue weighted by molar-refractivity contribution is 5.21. The smallest absolute Gasteiger partial charge is 0.112 e. The van der Waals surface area contributed by atoms with Crippen LogP contribution < -0.4 is 0 Å². The highest BCUT2D eigenvalue weighted by Gasteiger charge is 2.25. The Morgan fingerprint density at radius 3 is 2.56 bits per heavy atom. The topological polar surface area (TPSA) is 31.9 Å². The van der Waals surface area contributed by atoms with Crippen LogP contribution in [0.2, 0.25) is 0 Å². The van der Waals surface area contributed by atoms with Crippen molar-refractivity contribution in [2.75, 3.05) is 6.54 Å². The van der Waals surface area contributed by atoms with Gasteiger partial charge in [0, 0.05) is 31.0 Å². The van der Waals surface area contributed by atoms with Crippen molar-refractivity contribution < 1.29 is 0 Å². The Labute approximate surface area is 98.3 Å². The number of nitrogens with one attached hydrogen (secondary N) is 1. The molecule has 0 radical (unpaired) electrons. The van der Waals surface area contributed by atoms with Crippen LogP contribution in [0.15, 0.2) is 0 Å². The maximum absolute atomic E-state index is 4.73. The van der Waals surface area contributed by atoms with E-state index in [1.807, 2.05) is 0 Å². The number of aromatic nitrogens is 2. The zero-order valence-corrected chi connectivity index (χ0v) is 11.1. The number of H-pyrrole nitrogens is 1. The van der Waals surface area contributed by atoms with E-state index in [1.165, 1.54) is 11.4 Å². The van der Waals surface area contributed by atoms with E-state index < -0.39 is 0 Å². The molecule has 0 saturated carbocycles. The van der Waals surface area contributed by atoms with Gasteiger partial charge in [-0.05, 0) is 13.8 Å². The van der Waals surface area contributed by atoms with E-state index in [0.717, 1.165) is 25.3 Å². The molecule has 0 spiro atoms. The molecule has 0 unspecified atom stereocenters. The van der Waals surface area contributed by atoms with E-state index in [9.17, 15) is 0 Å². The summed E-state index contributed by atoms with van der Waals surface area (Å²) in [5, 5.41) is 0. The second-order valence-corrected chi connectivity index (χ2v) is 6.07. The molecule has 1 aromatic rings. The summed E-state index contributed by atoms with van der Waals surface area (Å²) < 4.78 is 0. The minimum atomic E-state index is 0.125. The minimum Gasteiger partial charge on any atom is -0.344 e. The minimum absolute atomic E-state index is 0.125. The van der Waals surface area contributed by atoms with Crippen LogP contribution in [0.1, 0.15) is 51.8 Å². The van der Waals surface area contributed by atoms with Gasteiger partial charge in [-0.1, -0.05) is 20.8 Å². The van der Waals surface area contributed by atoms with Crippen molar-refractivity contribution >= 4 is 0 Å². The maximum Gasteiger partial charge on any atom is 0.112 e. The largest absolute Gasteiger partial charge is 0.344 e. The van der Waals surface area contributed by atoms with Gasteiger partial charge in [-0.15, -0.1) is 0 Å². The first-order valence-corrected chi connectivity index (χ1v) is 6.20. The van der Waals surface area contributed by atoms with Gasteiger partial charge in [0.2, 0.25) is 0 Å². The average Bonchev–Trinajstić information content (AvgIpc) is 2.58. The molecule has 0 aliphatic carbocycles. The highest BCUT2D eigenvalue weighted by atomic mass is 15.2. The summed E-state index contributed by atoms with van der Waals surface area (Å²) in [6.45, 7) is 13.3. The number of rotatable bonds is 1. The molecule has 1 N–H and O–H groups in total. The zero-order chi connectivity index (χ0) is 11.9. The molecule has 1 aromatic heterocycles. The standard InChI is InChI=1S/C13H23N3/c1-9(2)16-7-6-10-11(8-16)15-12(14-10)13(3,4)5/h9H,6-8H2,1-5H3,(H,14,15). The lowest BCUT2D eigenvalue weighted by Crippen LogP contribution is -2.35.